The standard InChI is InChI=1S/C10H13BN2O4/c1-6-5-12(8(15)13(11)7(6)14)9(16)17-10(2,3)4/h5H,1-4H3. The summed E-state index contributed by atoms with van der Waals surface area (Å²) in [5.74, 6) is 0. The van der Waals surface area contributed by atoms with E-state index in [9.17, 15) is 14.4 Å². The number of hydrogen-bond acceptors (Lipinski definition) is 4. The quantitative estimate of drug-likeness (QED) is 0.596. The normalized spacial score (nSPS) is 11.3. The maximum absolute atomic E-state index is 11.7. The van der Waals surface area contributed by atoms with Gasteiger partial charge >= 0.3 is 11.8 Å². The van der Waals surface area contributed by atoms with Crippen LogP contribution in [0.5, 0.6) is 0 Å². The van der Waals surface area contributed by atoms with Crippen molar-refractivity contribution in [1.29, 1.82) is 0 Å². The van der Waals surface area contributed by atoms with Crippen LogP contribution in [0.4, 0.5) is 4.79 Å². The van der Waals surface area contributed by atoms with Gasteiger partial charge in [-0.25, -0.2) is 14.2 Å². The molecule has 0 unspecified atom stereocenters. The van der Waals surface area contributed by atoms with E-state index in [1.54, 1.807) is 20.8 Å². The minimum Gasteiger partial charge on any atom is -0.443 e. The van der Waals surface area contributed by atoms with Gasteiger partial charge in [-0.3, -0.25) is 4.79 Å². The molecule has 0 saturated heterocycles. The van der Waals surface area contributed by atoms with E-state index in [4.69, 9.17) is 12.7 Å². The lowest BCUT2D eigenvalue weighted by atomic mass is 10.2. The Balaban J connectivity index is 3.30. The Kier molecular flexibility index (Phi) is 3.31. The van der Waals surface area contributed by atoms with Crippen LogP contribution in [-0.4, -0.2) is 28.7 Å². The van der Waals surface area contributed by atoms with E-state index in [1.807, 2.05) is 0 Å². The molecule has 0 bridgehead atoms. The predicted octanol–water partition coefficient (Wildman–Crippen LogP) is 0.0332. The van der Waals surface area contributed by atoms with Crippen LogP contribution in [0, 0.1) is 6.92 Å². The van der Waals surface area contributed by atoms with Crippen molar-refractivity contribution >= 4 is 14.1 Å². The van der Waals surface area contributed by atoms with Crippen LogP contribution in [0.3, 0.4) is 0 Å². The van der Waals surface area contributed by atoms with Crippen LogP contribution in [0.25, 0.3) is 0 Å². The summed E-state index contributed by atoms with van der Waals surface area (Å²) in [6, 6.07) is 0. The lowest BCUT2D eigenvalue weighted by molar-refractivity contribution is 0.0527. The van der Waals surface area contributed by atoms with Crippen LogP contribution >= 0.6 is 0 Å². The molecule has 0 atom stereocenters. The molecule has 6 nitrogen and oxygen atoms in total. The monoisotopic (exact) mass is 236 g/mol. The highest BCUT2D eigenvalue weighted by Gasteiger charge is 2.20. The molecule has 1 aromatic rings. The molecule has 0 aliphatic heterocycles. The number of nitrogens with zero attached hydrogens (tertiary/aromatic N) is 2. The van der Waals surface area contributed by atoms with E-state index in [-0.39, 0.29) is 5.56 Å². The number of hydrogen-bond donors (Lipinski definition) is 0. The Labute approximate surface area is 99.3 Å². The maximum Gasteiger partial charge on any atom is 0.422 e. The Morgan fingerprint density at radius 2 is 1.88 bits per heavy atom. The van der Waals surface area contributed by atoms with Crippen LogP contribution in [-0.2, 0) is 4.74 Å². The fourth-order valence-corrected chi connectivity index (χ4v) is 1.14. The number of aromatic nitrogens is 2. The third-order valence-corrected chi connectivity index (χ3v) is 1.88. The number of carbonyl (C=O) groups excluding carboxylic acids is 1. The van der Waals surface area contributed by atoms with Gasteiger partial charge in [-0.15, -0.1) is 0 Å². The summed E-state index contributed by atoms with van der Waals surface area (Å²) in [5, 5.41) is 0. The van der Waals surface area contributed by atoms with E-state index in [0.29, 0.717) is 9.05 Å². The van der Waals surface area contributed by atoms with Crippen LogP contribution in [0.1, 0.15) is 26.3 Å². The van der Waals surface area contributed by atoms with Crippen molar-refractivity contribution in [2.45, 2.75) is 33.3 Å². The molecule has 1 heterocycles. The van der Waals surface area contributed by atoms with Crippen LogP contribution in [0.2, 0.25) is 0 Å². The smallest absolute Gasteiger partial charge is 0.422 e. The van der Waals surface area contributed by atoms with E-state index in [2.05, 4.69) is 0 Å². The second-order valence-electron chi connectivity index (χ2n) is 4.62. The lowest BCUT2D eigenvalue weighted by Crippen LogP contribution is -2.43. The number of carbonyl (C=O) groups is 1. The minimum atomic E-state index is -0.935. The zero-order valence-electron chi connectivity index (χ0n) is 10.2. The van der Waals surface area contributed by atoms with Gasteiger partial charge in [0.2, 0.25) is 13.5 Å². The van der Waals surface area contributed by atoms with Crippen molar-refractivity contribution in [3.63, 3.8) is 0 Å². The molecule has 90 valence electrons. The Hall–Kier alpha value is -1.79. The summed E-state index contributed by atoms with van der Waals surface area (Å²) in [4.78, 5) is 34.6. The van der Waals surface area contributed by atoms with Crippen molar-refractivity contribution in [1.82, 2.24) is 9.05 Å². The second kappa shape index (κ2) is 4.23. The third kappa shape index (κ3) is 2.86. The highest BCUT2D eigenvalue weighted by molar-refractivity contribution is 6.06. The largest absolute Gasteiger partial charge is 0.443 e. The lowest BCUT2D eigenvalue weighted by Gasteiger charge is -2.20. The molecule has 0 N–H and O–H groups in total. The van der Waals surface area contributed by atoms with Crippen molar-refractivity contribution in [2.24, 2.45) is 0 Å². The van der Waals surface area contributed by atoms with E-state index < -0.39 is 22.9 Å². The number of rotatable bonds is 0. The van der Waals surface area contributed by atoms with E-state index >= 15 is 0 Å². The molecule has 0 fully saturated rings. The Morgan fingerprint density at radius 1 is 1.35 bits per heavy atom. The van der Waals surface area contributed by atoms with Gasteiger partial charge in [0.05, 0.1) is 0 Å². The molecule has 0 saturated carbocycles. The van der Waals surface area contributed by atoms with E-state index in [0.717, 1.165) is 6.20 Å². The molecule has 17 heavy (non-hydrogen) atoms. The van der Waals surface area contributed by atoms with Gasteiger partial charge in [-0.05, 0) is 27.7 Å². The van der Waals surface area contributed by atoms with Gasteiger partial charge in [0.1, 0.15) is 5.60 Å². The fraction of sp³-hybridized carbons (Fsp3) is 0.500. The number of aryl methyl sites for hydroxylation is 1. The topological polar surface area (TPSA) is 70.3 Å². The summed E-state index contributed by atoms with van der Waals surface area (Å²) in [5.41, 5.74) is -2.14. The summed E-state index contributed by atoms with van der Waals surface area (Å²) < 4.78 is 6.05. The highest BCUT2D eigenvalue weighted by atomic mass is 16.6. The van der Waals surface area contributed by atoms with Gasteiger partial charge in [0, 0.05) is 11.8 Å². The molecular weight excluding hydrogens is 223 g/mol. The molecule has 7 heteroatoms. The van der Waals surface area contributed by atoms with Crippen molar-refractivity contribution in [3.8, 4) is 0 Å². The van der Waals surface area contributed by atoms with Gasteiger partial charge in [0.25, 0.3) is 0 Å². The van der Waals surface area contributed by atoms with Gasteiger partial charge < -0.3 is 9.21 Å². The average molecular weight is 236 g/mol. The third-order valence-electron chi connectivity index (χ3n) is 1.88. The predicted molar refractivity (Wildman–Crippen MR) is 62.5 cm³/mol. The summed E-state index contributed by atoms with van der Waals surface area (Å²) >= 11 is 0. The molecule has 1 aromatic heterocycles. The zero-order valence-corrected chi connectivity index (χ0v) is 10.2. The molecule has 0 amide bonds. The molecule has 0 aliphatic rings. The van der Waals surface area contributed by atoms with Gasteiger partial charge in [-0.2, -0.15) is 0 Å². The molecule has 0 aliphatic carbocycles. The first kappa shape index (κ1) is 13.3. The van der Waals surface area contributed by atoms with Crippen LogP contribution in [0.15, 0.2) is 15.8 Å². The second-order valence-corrected chi connectivity index (χ2v) is 4.62. The first-order valence-electron chi connectivity index (χ1n) is 4.97. The average Bonchev–Trinajstić information content (AvgIpc) is 2.17. The molecule has 1 rings (SSSR count). The molecule has 0 aromatic carbocycles. The first-order chi connectivity index (χ1) is 7.63. The van der Waals surface area contributed by atoms with Crippen molar-refractivity contribution in [3.05, 3.63) is 32.6 Å². The molecule has 0 spiro atoms. The Bertz CT molecular complexity index is 565. The SMILES string of the molecule is [B]n1c(=O)c(C)cn(C(=O)OC(C)(C)C)c1=O. The van der Waals surface area contributed by atoms with Crippen molar-refractivity contribution < 1.29 is 9.53 Å². The zero-order chi connectivity index (χ0) is 13.4. The fourth-order valence-electron chi connectivity index (χ4n) is 1.14. The maximum atomic E-state index is 11.7. The van der Waals surface area contributed by atoms with E-state index in [1.165, 1.54) is 6.92 Å². The highest BCUT2D eigenvalue weighted by Crippen LogP contribution is 2.07. The Morgan fingerprint density at radius 3 is 2.35 bits per heavy atom. The summed E-state index contributed by atoms with van der Waals surface area (Å²) in [6.45, 7) is 6.45. The summed E-state index contributed by atoms with van der Waals surface area (Å²) in [6.07, 6.45) is 0.243. The van der Waals surface area contributed by atoms with Crippen LogP contribution < -0.4 is 11.2 Å². The van der Waals surface area contributed by atoms with Gasteiger partial charge in [-0.1, -0.05) is 0 Å². The molecular formula is C10H13BN2O4. The minimum absolute atomic E-state index is 0.179. The number of ether oxygens (including phenoxy) is 1. The first-order valence-corrected chi connectivity index (χ1v) is 4.97. The van der Waals surface area contributed by atoms with Crippen molar-refractivity contribution in [2.75, 3.05) is 0 Å². The summed E-state index contributed by atoms with van der Waals surface area (Å²) in [7, 11) is 5.25. The van der Waals surface area contributed by atoms with Gasteiger partial charge in [0.15, 0.2) is 0 Å². The molecule has 2 radical (unpaired) electrons.